The van der Waals surface area contributed by atoms with Gasteiger partial charge in [0.15, 0.2) is 0 Å². The van der Waals surface area contributed by atoms with Gasteiger partial charge in [0.1, 0.15) is 12.4 Å². The molecule has 0 aliphatic carbocycles. The Bertz CT molecular complexity index is 1850. The SMILES string of the molecule is C.CC(C)(C)c1ccc(C(=O)N2CCCCC2)cc1.CC(C)(C)c1ccc(C(F)(F)F)c(OCc2ccccc2)c1.CC(C)Cn1cc(C(C)(C)C)ccc1=O. The summed E-state index contributed by atoms with van der Waals surface area (Å²) in [6, 6.07) is 25.0. The van der Waals surface area contributed by atoms with E-state index in [-0.39, 0.29) is 47.5 Å². The van der Waals surface area contributed by atoms with Crippen LogP contribution < -0.4 is 10.3 Å². The number of carbonyl (C=O) groups excluding carboxylic acids is 1. The topological polar surface area (TPSA) is 51.5 Å². The fraction of sp³-hybridized carbons (Fsp3) is 0.500. The van der Waals surface area contributed by atoms with Crippen LogP contribution in [-0.2, 0) is 35.6 Å². The molecule has 0 atom stereocenters. The molecule has 1 aliphatic rings. The number of alkyl halides is 3. The fourth-order valence-electron chi connectivity index (χ4n) is 5.98. The van der Waals surface area contributed by atoms with Gasteiger partial charge in [0, 0.05) is 37.5 Å². The van der Waals surface area contributed by atoms with E-state index in [1.54, 1.807) is 6.07 Å². The molecule has 1 aliphatic heterocycles. The van der Waals surface area contributed by atoms with Crippen LogP contribution in [0, 0.1) is 5.92 Å². The first-order valence-corrected chi connectivity index (χ1v) is 19.5. The Hall–Kier alpha value is -4.33. The van der Waals surface area contributed by atoms with Gasteiger partial charge in [-0.25, -0.2) is 0 Å². The summed E-state index contributed by atoms with van der Waals surface area (Å²) in [4.78, 5) is 25.9. The summed E-state index contributed by atoms with van der Waals surface area (Å²) in [5, 5.41) is 0. The molecule has 56 heavy (non-hydrogen) atoms. The standard InChI is InChI=1S/C18H19F3O.C16H23NO.C13H21NO.CH4/c1-17(2,3)14-9-10-15(18(19,20)21)16(11-14)22-12-13-7-5-4-6-8-13;1-16(2,3)14-9-7-13(8-10-14)15(18)17-11-5-4-6-12-17;1-10(2)8-14-9-11(13(3,4)5)6-7-12(14)15;/h4-11H,12H2,1-3H3;7-10H,4-6,11-12H2,1-3H3;6-7,9-10H,8H2,1-5H3;1H4. The van der Waals surface area contributed by atoms with Crippen LogP contribution in [-0.4, -0.2) is 28.5 Å². The smallest absolute Gasteiger partial charge is 0.419 e. The zero-order valence-corrected chi connectivity index (χ0v) is 34.9. The van der Waals surface area contributed by atoms with Crippen LogP contribution in [0.15, 0.2) is 95.9 Å². The molecule has 8 heteroatoms. The number of benzene rings is 3. The van der Waals surface area contributed by atoms with Crippen molar-refractivity contribution < 1.29 is 22.7 Å². The monoisotopic (exact) mass is 777 g/mol. The Labute approximate surface area is 335 Å². The quantitative estimate of drug-likeness (QED) is 0.196. The maximum atomic E-state index is 13.1. The summed E-state index contributed by atoms with van der Waals surface area (Å²) in [5.41, 5.74) is 4.31. The molecule has 4 aromatic rings. The minimum absolute atomic E-state index is 0. The molecule has 1 aromatic heterocycles. The molecule has 0 bridgehead atoms. The van der Waals surface area contributed by atoms with E-state index < -0.39 is 11.7 Å². The average molecular weight is 777 g/mol. The third-order valence-electron chi connectivity index (χ3n) is 9.44. The zero-order chi connectivity index (χ0) is 41.2. The lowest BCUT2D eigenvalue weighted by Crippen LogP contribution is -2.35. The Morgan fingerprint density at radius 3 is 1.71 bits per heavy atom. The van der Waals surface area contributed by atoms with E-state index in [1.807, 2.05) is 85.0 Å². The number of amides is 1. The van der Waals surface area contributed by atoms with E-state index in [1.165, 1.54) is 29.7 Å². The molecule has 0 saturated carbocycles. The van der Waals surface area contributed by atoms with Crippen LogP contribution in [0.1, 0.15) is 141 Å². The van der Waals surface area contributed by atoms with E-state index in [0.717, 1.165) is 55.2 Å². The maximum absolute atomic E-state index is 13.1. The zero-order valence-electron chi connectivity index (χ0n) is 34.9. The van der Waals surface area contributed by atoms with Crippen molar-refractivity contribution >= 4 is 5.91 Å². The van der Waals surface area contributed by atoms with Crippen LogP contribution >= 0.6 is 0 Å². The number of rotatable bonds is 6. The van der Waals surface area contributed by atoms with E-state index in [9.17, 15) is 22.8 Å². The summed E-state index contributed by atoms with van der Waals surface area (Å²) < 4.78 is 46.6. The number of likely N-dealkylation sites (tertiary alicyclic amines) is 1. The minimum atomic E-state index is -4.43. The molecule has 0 unspecified atom stereocenters. The molecule has 5 rings (SSSR count). The van der Waals surface area contributed by atoms with Crippen LogP contribution in [0.4, 0.5) is 13.2 Å². The highest BCUT2D eigenvalue weighted by Crippen LogP contribution is 2.39. The number of ether oxygens (including phenoxy) is 1. The molecule has 2 heterocycles. The second-order valence-corrected chi connectivity index (χ2v) is 18.0. The molecule has 1 fully saturated rings. The number of aromatic nitrogens is 1. The van der Waals surface area contributed by atoms with E-state index in [4.69, 9.17) is 4.74 Å². The molecular weight excluding hydrogens is 710 g/mol. The number of piperidine rings is 1. The number of pyridine rings is 1. The van der Waals surface area contributed by atoms with Crippen molar-refractivity contribution in [3.63, 3.8) is 0 Å². The van der Waals surface area contributed by atoms with Gasteiger partial charge in [-0.15, -0.1) is 0 Å². The van der Waals surface area contributed by atoms with Crippen molar-refractivity contribution in [3.05, 3.63) is 135 Å². The van der Waals surface area contributed by atoms with Crippen molar-refractivity contribution in [2.75, 3.05) is 13.1 Å². The predicted molar refractivity (Wildman–Crippen MR) is 227 cm³/mol. The molecule has 3 aromatic carbocycles. The first-order valence-electron chi connectivity index (χ1n) is 19.5. The Morgan fingerprint density at radius 1 is 0.696 bits per heavy atom. The minimum Gasteiger partial charge on any atom is -0.488 e. The lowest BCUT2D eigenvalue weighted by molar-refractivity contribution is -0.139. The highest BCUT2D eigenvalue weighted by molar-refractivity contribution is 5.94. The largest absolute Gasteiger partial charge is 0.488 e. The van der Waals surface area contributed by atoms with Crippen LogP contribution in [0.3, 0.4) is 0 Å². The highest BCUT2D eigenvalue weighted by atomic mass is 19.4. The molecular formula is C48H67F3N2O3. The van der Waals surface area contributed by atoms with Crippen molar-refractivity contribution in [2.45, 2.75) is 138 Å². The number of hydrogen-bond acceptors (Lipinski definition) is 3. The first-order chi connectivity index (χ1) is 25.5. The lowest BCUT2D eigenvalue weighted by Gasteiger charge is -2.27. The van der Waals surface area contributed by atoms with E-state index in [0.29, 0.717) is 5.92 Å². The van der Waals surface area contributed by atoms with Crippen molar-refractivity contribution in [1.82, 2.24) is 9.47 Å². The maximum Gasteiger partial charge on any atom is 0.419 e. The number of hydrogen-bond donors (Lipinski definition) is 0. The second-order valence-electron chi connectivity index (χ2n) is 18.0. The molecule has 0 spiro atoms. The van der Waals surface area contributed by atoms with Gasteiger partial charge in [-0.2, -0.15) is 13.2 Å². The number of halogens is 3. The summed E-state index contributed by atoms with van der Waals surface area (Å²) in [6.07, 6.45) is 1.11. The first kappa shape index (κ1) is 47.8. The summed E-state index contributed by atoms with van der Waals surface area (Å²) in [7, 11) is 0. The predicted octanol–water partition coefficient (Wildman–Crippen LogP) is 12.6. The van der Waals surface area contributed by atoms with Crippen LogP contribution in [0.25, 0.3) is 0 Å². The second kappa shape index (κ2) is 20.2. The molecule has 1 amide bonds. The average Bonchev–Trinajstić information content (AvgIpc) is 3.11. The van der Waals surface area contributed by atoms with Gasteiger partial charge in [-0.05, 0) is 87.9 Å². The molecule has 0 radical (unpaired) electrons. The van der Waals surface area contributed by atoms with Crippen molar-refractivity contribution in [2.24, 2.45) is 5.92 Å². The van der Waals surface area contributed by atoms with E-state index in [2.05, 4.69) is 67.5 Å². The van der Waals surface area contributed by atoms with Gasteiger partial charge in [0.25, 0.3) is 11.5 Å². The summed E-state index contributed by atoms with van der Waals surface area (Å²) in [6.45, 7) is 25.9. The van der Waals surface area contributed by atoms with Gasteiger partial charge in [0.05, 0.1) is 5.56 Å². The number of nitrogens with zero attached hydrogens (tertiary/aromatic N) is 2. The normalized spacial score (nSPS) is 13.4. The van der Waals surface area contributed by atoms with E-state index >= 15 is 0 Å². The molecule has 1 saturated heterocycles. The third kappa shape index (κ3) is 15.0. The van der Waals surface area contributed by atoms with Crippen LogP contribution in [0.2, 0.25) is 0 Å². The van der Waals surface area contributed by atoms with Gasteiger partial charge < -0.3 is 14.2 Å². The summed E-state index contributed by atoms with van der Waals surface area (Å²) >= 11 is 0. The Morgan fingerprint density at radius 2 is 1.21 bits per heavy atom. The van der Waals surface area contributed by atoms with Gasteiger partial charge >= 0.3 is 6.18 Å². The number of carbonyl (C=O) groups is 1. The van der Waals surface area contributed by atoms with Gasteiger partial charge in [-0.1, -0.05) is 138 Å². The van der Waals surface area contributed by atoms with Crippen LogP contribution in [0.5, 0.6) is 5.75 Å². The summed E-state index contributed by atoms with van der Waals surface area (Å²) in [5.74, 6) is 0.567. The highest BCUT2D eigenvalue weighted by Gasteiger charge is 2.35. The molecule has 308 valence electrons. The molecule has 5 nitrogen and oxygen atoms in total. The Balaban J connectivity index is 0.000000293. The van der Waals surface area contributed by atoms with Gasteiger partial charge in [-0.3, -0.25) is 9.59 Å². The van der Waals surface area contributed by atoms with Crippen molar-refractivity contribution in [1.29, 1.82) is 0 Å². The Kier molecular flexibility index (Phi) is 17.2. The fourth-order valence-corrected chi connectivity index (χ4v) is 5.98. The molecule has 0 N–H and O–H groups in total. The van der Waals surface area contributed by atoms with Crippen molar-refractivity contribution in [3.8, 4) is 5.75 Å². The lowest BCUT2D eigenvalue weighted by atomic mass is 9.86. The van der Waals surface area contributed by atoms with Gasteiger partial charge in [0.2, 0.25) is 0 Å². The third-order valence-corrected chi connectivity index (χ3v) is 9.44.